The van der Waals surface area contributed by atoms with E-state index in [1.54, 1.807) is 0 Å². The number of nitrogens with one attached hydrogen (secondary N) is 2. The van der Waals surface area contributed by atoms with Gasteiger partial charge in [-0.3, -0.25) is 14.4 Å². The highest BCUT2D eigenvalue weighted by atomic mass is 32.1. The van der Waals surface area contributed by atoms with Crippen LogP contribution < -0.4 is 16.4 Å². The maximum absolute atomic E-state index is 11.6. The molecule has 178 valence electrons. The molecule has 0 aliphatic heterocycles. The Morgan fingerprint density at radius 3 is 2.28 bits per heavy atom. The van der Waals surface area contributed by atoms with Crippen molar-refractivity contribution in [2.75, 3.05) is 25.9 Å². The van der Waals surface area contributed by atoms with Gasteiger partial charge in [0.2, 0.25) is 11.8 Å². The number of amides is 2. The van der Waals surface area contributed by atoms with E-state index in [2.05, 4.69) is 51.5 Å². The molecule has 0 bridgehead atoms. The number of esters is 1. The summed E-state index contributed by atoms with van der Waals surface area (Å²) in [5.74, 6) is -0.942. The zero-order valence-electron chi connectivity index (χ0n) is 19.5. The summed E-state index contributed by atoms with van der Waals surface area (Å²) >= 11 is 1.37. The van der Waals surface area contributed by atoms with Gasteiger partial charge in [0.15, 0.2) is 5.13 Å². The van der Waals surface area contributed by atoms with E-state index in [-0.39, 0.29) is 31.3 Å². The van der Waals surface area contributed by atoms with E-state index in [9.17, 15) is 14.4 Å². The highest BCUT2D eigenvalue weighted by molar-refractivity contribution is 7.13. The summed E-state index contributed by atoms with van der Waals surface area (Å²) in [6, 6.07) is 10.5. The fourth-order valence-corrected chi connectivity index (χ4v) is 2.91. The minimum absolute atomic E-state index is 0.104. The number of hydrogen-bond acceptors (Lipinski definition) is 7. The lowest BCUT2D eigenvalue weighted by atomic mass is 10.2. The number of ether oxygens (including phenoxy) is 1. The minimum Gasteiger partial charge on any atom is -0.469 e. The fraction of sp³-hybridized carbons (Fsp3) is 0.478. The summed E-state index contributed by atoms with van der Waals surface area (Å²) in [6.45, 7) is 6.24. The van der Waals surface area contributed by atoms with Gasteiger partial charge in [-0.25, -0.2) is 4.98 Å². The Bertz CT molecular complexity index is 781. The number of nitrogens with zero attached hydrogens (tertiary/aromatic N) is 1. The van der Waals surface area contributed by atoms with Gasteiger partial charge in [0.05, 0.1) is 25.8 Å². The van der Waals surface area contributed by atoms with Crippen LogP contribution in [0.2, 0.25) is 0 Å². The summed E-state index contributed by atoms with van der Waals surface area (Å²) in [5.41, 5.74) is 7.79. The summed E-state index contributed by atoms with van der Waals surface area (Å²) in [7, 11) is 1.28. The number of aromatic nitrogens is 1. The maximum Gasteiger partial charge on any atom is 0.307 e. The van der Waals surface area contributed by atoms with Gasteiger partial charge in [0, 0.05) is 18.3 Å². The Hall–Kier alpha value is -2.94. The molecule has 0 aliphatic rings. The normalized spacial score (nSPS) is 9.38. The molecule has 32 heavy (non-hydrogen) atoms. The van der Waals surface area contributed by atoms with Crippen LogP contribution in [0.3, 0.4) is 0 Å². The molecule has 1 heterocycles. The number of nitrogens with two attached hydrogens (primary N) is 1. The predicted molar refractivity (Wildman–Crippen MR) is 129 cm³/mol. The zero-order valence-corrected chi connectivity index (χ0v) is 20.3. The molecule has 0 atom stereocenters. The van der Waals surface area contributed by atoms with E-state index in [1.807, 2.05) is 25.3 Å². The highest BCUT2D eigenvalue weighted by Gasteiger charge is 2.07. The van der Waals surface area contributed by atoms with Crippen LogP contribution in [0, 0.1) is 0 Å². The zero-order chi connectivity index (χ0) is 24.2. The van der Waals surface area contributed by atoms with E-state index in [4.69, 9.17) is 5.73 Å². The number of rotatable bonds is 10. The molecule has 2 rings (SSSR count). The third-order valence-corrected chi connectivity index (χ3v) is 4.71. The van der Waals surface area contributed by atoms with Crippen molar-refractivity contribution in [1.29, 1.82) is 0 Å². The molecule has 0 saturated carbocycles. The average Bonchev–Trinajstić information content (AvgIpc) is 3.24. The van der Waals surface area contributed by atoms with Crippen molar-refractivity contribution in [3.05, 3.63) is 47.0 Å². The van der Waals surface area contributed by atoms with Crippen LogP contribution in [0.25, 0.3) is 0 Å². The summed E-state index contributed by atoms with van der Waals surface area (Å²) in [5, 5.41) is 7.41. The lowest BCUT2D eigenvalue weighted by Crippen LogP contribution is -2.37. The van der Waals surface area contributed by atoms with Crippen LogP contribution in [0.4, 0.5) is 5.13 Å². The van der Waals surface area contributed by atoms with E-state index >= 15 is 0 Å². The van der Waals surface area contributed by atoms with Crippen molar-refractivity contribution in [3.63, 3.8) is 0 Å². The smallest absolute Gasteiger partial charge is 0.307 e. The number of anilines is 1. The molecule has 9 heteroatoms. The fourth-order valence-electron chi connectivity index (χ4n) is 2.32. The number of hydrogen-bond donors (Lipinski definition) is 3. The minimum atomic E-state index is -0.396. The first-order valence-electron chi connectivity index (χ1n) is 10.8. The van der Waals surface area contributed by atoms with Crippen LogP contribution in [-0.4, -0.2) is 43.0 Å². The number of nitrogen functional groups attached to an aromatic ring is 1. The second-order valence-corrected chi connectivity index (χ2v) is 7.21. The topological polar surface area (TPSA) is 123 Å². The SMILES string of the molecule is CC.CCc1ccccc1.COC(=O)CCNC(=O)CNC(=O)CCCc1csc(N)n1. The molecule has 8 nitrogen and oxygen atoms in total. The van der Waals surface area contributed by atoms with Crippen LogP contribution >= 0.6 is 11.3 Å². The third kappa shape index (κ3) is 15.0. The van der Waals surface area contributed by atoms with E-state index < -0.39 is 5.97 Å². The Morgan fingerprint density at radius 2 is 1.75 bits per heavy atom. The van der Waals surface area contributed by atoms with E-state index in [0.717, 1.165) is 12.1 Å². The van der Waals surface area contributed by atoms with Crippen molar-refractivity contribution < 1.29 is 19.1 Å². The molecule has 0 aliphatic carbocycles. The Balaban J connectivity index is 0.000000796. The van der Waals surface area contributed by atoms with Gasteiger partial charge in [-0.05, 0) is 24.8 Å². The summed E-state index contributed by atoms with van der Waals surface area (Å²) in [6.07, 6.45) is 2.87. The Kier molecular flexibility index (Phi) is 17.1. The van der Waals surface area contributed by atoms with Crippen molar-refractivity contribution >= 4 is 34.3 Å². The number of benzene rings is 1. The maximum atomic E-state index is 11.6. The molecule has 1 aromatic heterocycles. The lowest BCUT2D eigenvalue weighted by Gasteiger charge is -2.06. The largest absolute Gasteiger partial charge is 0.469 e. The molecule has 0 radical (unpaired) electrons. The Morgan fingerprint density at radius 1 is 1.06 bits per heavy atom. The van der Waals surface area contributed by atoms with Gasteiger partial charge in [0.1, 0.15) is 0 Å². The van der Waals surface area contributed by atoms with Crippen LogP contribution in [0.1, 0.15) is 51.3 Å². The van der Waals surface area contributed by atoms with E-state index in [1.165, 1.54) is 24.0 Å². The molecule has 0 unspecified atom stereocenters. The molecule has 0 saturated heterocycles. The molecule has 4 N–H and O–H groups in total. The quantitative estimate of drug-likeness (QED) is 0.464. The summed E-state index contributed by atoms with van der Waals surface area (Å²) < 4.78 is 4.44. The van der Waals surface area contributed by atoms with Gasteiger partial charge in [-0.1, -0.05) is 51.1 Å². The lowest BCUT2D eigenvalue weighted by molar-refractivity contribution is -0.140. The van der Waals surface area contributed by atoms with E-state index in [0.29, 0.717) is 24.4 Å². The molecular formula is C23H36N4O4S. The number of aryl methyl sites for hydroxylation is 2. The van der Waals surface area contributed by atoms with Gasteiger partial charge in [-0.2, -0.15) is 0 Å². The monoisotopic (exact) mass is 464 g/mol. The molecular weight excluding hydrogens is 428 g/mol. The molecule has 2 amide bonds. The number of thiazole rings is 1. The van der Waals surface area contributed by atoms with Gasteiger partial charge < -0.3 is 21.1 Å². The van der Waals surface area contributed by atoms with Crippen molar-refractivity contribution in [3.8, 4) is 0 Å². The molecule has 1 aromatic carbocycles. The standard InChI is InChI=1S/C13H20N4O4S.C8H10.C2H6/c1-21-12(20)5-6-15-11(19)7-16-10(18)4-2-3-9-8-22-13(14)17-9;1-2-8-6-4-3-5-7-8;1-2/h8H,2-7H2,1H3,(H2,14,17)(H,15,19)(H,16,18);3-7H,2H2,1H3;1-2H3. The average molecular weight is 465 g/mol. The first-order chi connectivity index (χ1) is 15.4. The van der Waals surface area contributed by atoms with Gasteiger partial charge in [0.25, 0.3) is 0 Å². The van der Waals surface area contributed by atoms with Crippen molar-refractivity contribution in [2.45, 2.75) is 52.9 Å². The van der Waals surface area contributed by atoms with Gasteiger partial charge >= 0.3 is 5.97 Å². The van der Waals surface area contributed by atoms with Gasteiger partial charge in [-0.15, -0.1) is 11.3 Å². The second kappa shape index (κ2) is 18.8. The number of methoxy groups -OCH3 is 1. The number of carbonyl (C=O) groups is 3. The highest BCUT2D eigenvalue weighted by Crippen LogP contribution is 2.13. The molecule has 2 aromatic rings. The van der Waals surface area contributed by atoms with Crippen LogP contribution in [0.5, 0.6) is 0 Å². The first-order valence-corrected chi connectivity index (χ1v) is 11.7. The predicted octanol–water partition coefficient (Wildman–Crippen LogP) is 3.12. The number of carbonyl (C=O) groups excluding carboxylic acids is 3. The second-order valence-electron chi connectivity index (χ2n) is 6.32. The first kappa shape index (κ1) is 29.1. The van der Waals surface area contributed by atoms with Crippen molar-refractivity contribution in [2.24, 2.45) is 0 Å². The summed E-state index contributed by atoms with van der Waals surface area (Å²) in [4.78, 5) is 37.9. The Labute approximate surface area is 195 Å². The molecule has 0 fully saturated rings. The van der Waals surface area contributed by atoms with Crippen LogP contribution in [-0.2, 0) is 32.0 Å². The third-order valence-electron chi connectivity index (χ3n) is 3.98. The molecule has 0 spiro atoms. The van der Waals surface area contributed by atoms with Crippen LogP contribution in [0.15, 0.2) is 35.7 Å². The van der Waals surface area contributed by atoms with Crippen molar-refractivity contribution in [1.82, 2.24) is 15.6 Å².